The molecule has 1 rings (SSSR count). The van der Waals surface area contributed by atoms with Crippen LogP contribution >= 0.6 is 0 Å². The maximum absolute atomic E-state index is 11.5. The van der Waals surface area contributed by atoms with Crippen LogP contribution in [0.25, 0.3) is 0 Å². The lowest BCUT2D eigenvalue weighted by Crippen LogP contribution is -2.35. The summed E-state index contributed by atoms with van der Waals surface area (Å²) in [6.45, 7) is 4.03. The molecule has 70 valence electrons. The molecule has 0 bridgehead atoms. The fourth-order valence-corrected chi connectivity index (χ4v) is 1.26. The van der Waals surface area contributed by atoms with Crippen LogP contribution in [0, 0.1) is 5.92 Å². The summed E-state index contributed by atoms with van der Waals surface area (Å²) in [5.41, 5.74) is 0. The Morgan fingerprint density at radius 3 is 3.00 bits per heavy atom. The van der Waals surface area contributed by atoms with Crippen molar-refractivity contribution in [3.8, 4) is 0 Å². The first-order valence-corrected chi connectivity index (χ1v) is 4.34. The van der Waals surface area contributed by atoms with Crippen LogP contribution in [0.15, 0.2) is 0 Å². The molecule has 0 radical (unpaired) electrons. The third kappa shape index (κ3) is 2.19. The summed E-state index contributed by atoms with van der Waals surface area (Å²) in [6.07, 6.45) is 0.956. The van der Waals surface area contributed by atoms with E-state index in [9.17, 15) is 4.79 Å². The van der Waals surface area contributed by atoms with Crippen LogP contribution in [-0.2, 0) is 9.63 Å². The van der Waals surface area contributed by atoms with Gasteiger partial charge in [0.25, 0.3) is 0 Å². The second kappa shape index (κ2) is 4.42. The number of hydroxylamine groups is 2. The van der Waals surface area contributed by atoms with Crippen LogP contribution in [0.2, 0.25) is 0 Å². The molecule has 1 fully saturated rings. The zero-order valence-corrected chi connectivity index (χ0v) is 7.67. The molecule has 0 aliphatic carbocycles. The predicted octanol–water partition coefficient (Wildman–Crippen LogP) is 0.00580. The molecule has 1 saturated heterocycles. The number of carbonyl (C=O) groups excluding carboxylic acids is 1. The second-order valence-electron chi connectivity index (χ2n) is 3.09. The molecule has 12 heavy (non-hydrogen) atoms. The molecule has 1 unspecified atom stereocenters. The van der Waals surface area contributed by atoms with Crippen molar-refractivity contribution in [2.75, 3.05) is 26.7 Å². The van der Waals surface area contributed by atoms with Crippen molar-refractivity contribution in [2.24, 2.45) is 5.92 Å². The zero-order chi connectivity index (χ0) is 8.97. The molecule has 4 heteroatoms. The molecule has 1 aliphatic heterocycles. The van der Waals surface area contributed by atoms with E-state index in [1.165, 1.54) is 5.06 Å². The number of carbonyl (C=O) groups is 1. The number of hydrogen-bond acceptors (Lipinski definition) is 3. The lowest BCUT2D eigenvalue weighted by molar-refractivity contribution is -0.172. The van der Waals surface area contributed by atoms with Crippen molar-refractivity contribution in [1.29, 1.82) is 0 Å². The van der Waals surface area contributed by atoms with Gasteiger partial charge in [-0.2, -0.15) is 0 Å². The molecule has 0 saturated carbocycles. The van der Waals surface area contributed by atoms with Crippen LogP contribution in [0.3, 0.4) is 0 Å². The molecular formula is C8H16N2O2. The van der Waals surface area contributed by atoms with Gasteiger partial charge in [0.05, 0.1) is 13.2 Å². The minimum atomic E-state index is 0.00750. The molecule has 1 amide bonds. The second-order valence-corrected chi connectivity index (χ2v) is 3.09. The zero-order valence-electron chi connectivity index (χ0n) is 7.67. The van der Waals surface area contributed by atoms with E-state index in [4.69, 9.17) is 4.84 Å². The first kappa shape index (κ1) is 9.48. The lowest BCUT2D eigenvalue weighted by atomic mass is 10.1. The molecule has 1 aliphatic rings. The fraction of sp³-hybridized carbons (Fsp3) is 0.875. The average molecular weight is 172 g/mol. The smallest absolute Gasteiger partial charge is 0.250 e. The van der Waals surface area contributed by atoms with Crippen molar-refractivity contribution >= 4 is 5.91 Å². The van der Waals surface area contributed by atoms with Gasteiger partial charge in [-0.15, -0.1) is 0 Å². The first-order valence-electron chi connectivity index (χ1n) is 4.34. The number of nitrogens with one attached hydrogen (secondary N) is 1. The topological polar surface area (TPSA) is 41.6 Å². The Hall–Kier alpha value is -0.610. The summed E-state index contributed by atoms with van der Waals surface area (Å²) >= 11 is 0. The highest BCUT2D eigenvalue weighted by atomic mass is 16.7. The van der Waals surface area contributed by atoms with Crippen LogP contribution in [-0.4, -0.2) is 37.7 Å². The average Bonchev–Trinajstić information content (AvgIpc) is 2.55. The third-order valence-corrected chi connectivity index (χ3v) is 1.93. The van der Waals surface area contributed by atoms with E-state index in [-0.39, 0.29) is 11.8 Å². The normalized spacial score (nSPS) is 19.7. The van der Waals surface area contributed by atoms with Gasteiger partial charge in [-0.1, -0.05) is 6.92 Å². The van der Waals surface area contributed by atoms with Gasteiger partial charge < -0.3 is 5.32 Å². The number of nitrogens with zero attached hydrogens (tertiary/aromatic N) is 1. The van der Waals surface area contributed by atoms with Crippen molar-refractivity contribution in [3.05, 3.63) is 0 Å². The molecule has 1 N–H and O–H groups in total. The van der Waals surface area contributed by atoms with Gasteiger partial charge in [0.15, 0.2) is 0 Å². The van der Waals surface area contributed by atoms with E-state index < -0.39 is 0 Å². The Kier molecular flexibility index (Phi) is 3.49. The Bertz CT molecular complexity index is 155. The Morgan fingerprint density at radius 2 is 2.50 bits per heavy atom. The maximum Gasteiger partial charge on any atom is 0.250 e. The monoisotopic (exact) mass is 172 g/mol. The van der Waals surface area contributed by atoms with Gasteiger partial charge in [0.1, 0.15) is 0 Å². The van der Waals surface area contributed by atoms with E-state index in [1.54, 1.807) is 0 Å². The lowest BCUT2D eigenvalue weighted by Gasteiger charge is -2.18. The summed E-state index contributed by atoms with van der Waals surface area (Å²) in [5.74, 6) is 0.0925. The molecule has 1 heterocycles. The minimum Gasteiger partial charge on any atom is -0.319 e. The van der Waals surface area contributed by atoms with E-state index in [1.807, 2.05) is 14.0 Å². The summed E-state index contributed by atoms with van der Waals surface area (Å²) in [4.78, 5) is 16.6. The van der Waals surface area contributed by atoms with Crippen molar-refractivity contribution in [1.82, 2.24) is 10.4 Å². The maximum atomic E-state index is 11.5. The van der Waals surface area contributed by atoms with Crippen molar-refractivity contribution in [3.63, 3.8) is 0 Å². The third-order valence-electron chi connectivity index (χ3n) is 1.93. The summed E-state index contributed by atoms with van der Waals surface area (Å²) in [5, 5.41) is 4.44. The highest BCUT2D eigenvalue weighted by molar-refractivity contribution is 5.77. The molecule has 0 aromatic heterocycles. The first-order chi connectivity index (χ1) is 5.75. The van der Waals surface area contributed by atoms with Crippen molar-refractivity contribution < 1.29 is 9.63 Å². The Morgan fingerprint density at radius 1 is 1.75 bits per heavy atom. The van der Waals surface area contributed by atoms with Crippen LogP contribution in [0.5, 0.6) is 0 Å². The van der Waals surface area contributed by atoms with Gasteiger partial charge in [-0.25, -0.2) is 5.06 Å². The van der Waals surface area contributed by atoms with Gasteiger partial charge in [-0.3, -0.25) is 9.63 Å². The van der Waals surface area contributed by atoms with E-state index >= 15 is 0 Å². The number of hydrogen-bond donors (Lipinski definition) is 1. The van der Waals surface area contributed by atoms with Gasteiger partial charge in [0.2, 0.25) is 5.91 Å². The number of amides is 1. The van der Waals surface area contributed by atoms with Crippen LogP contribution < -0.4 is 5.32 Å². The molecule has 0 aromatic rings. The molecule has 0 aromatic carbocycles. The predicted molar refractivity (Wildman–Crippen MR) is 45.4 cm³/mol. The summed E-state index contributed by atoms with van der Waals surface area (Å²) < 4.78 is 0. The molecular weight excluding hydrogens is 156 g/mol. The van der Waals surface area contributed by atoms with Crippen LogP contribution in [0.1, 0.15) is 13.3 Å². The quantitative estimate of drug-likeness (QED) is 0.652. The largest absolute Gasteiger partial charge is 0.319 e. The molecule has 4 nitrogen and oxygen atoms in total. The van der Waals surface area contributed by atoms with Gasteiger partial charge in [-0.05, 0) is 13.5 Å². The summed E-state index contributed by atoms with van der Waals surface area (Å²) in [6, 6.07) is 0. The van der Waals surface area contributed by atoms with E-state index in [2.05, 4.69) is 5.32 Å². The Labute approximate surface area is 72.8 Å². The molecule has 1 atom stereocenters. The Balaban J connectivity index is 2.34. The SMILES string of the molecule is CNCC(C)C(=O)N1CCCO1. The number of rotatable bonds is 3. The van der Waals surface area contributed by atoms with Gasteiger partial charge >= 0.3 is 0 Å². The fourth-order valence-electron chi connectivity index (χ4n) is 1.26. The highest BCUT2D eigenvalue weighted by Gasteiger charge is 2.23. The molecule has 0 spiro atoms. The highest BCUT2D eigenvalue weighted by Crippen LogP contribution is 2.09. The summed E-state index contributed by atoms with van der Waals surface area (Å²) in [7, 11) is 1.84. The standard InChI is InChI=1S/C8H16N2O2/c1-7(6-9-2)8(11)10-4-3-5-12-10/h7,9H,3-6H2,1-2H3. The van der Waals surface area contributed by atoms with Gasteiger partial charge in [0, 0.05) is 12.5 Å². The van der Waals surface area contributed by atoms with Crippen LogP contribution in [0.4, 0.5) is 0 Å². The van der Waals surface area contributed by atoms with Crippen molar-refractivity contribution in [2.45, 2.75) is 13.3 Å². The van der Waals surface area contributed by atoms with E-state index in [0.717, 1.165) is 13.0 Å². The minimum absolute atomic E-state index is 0.00750. The van der Waals surface area contributed by atoms with E-state index in [0.29, 0.717) is 13.2 Å².